The summed E-state index contributed by atoms with van der Waals surface area (Å²) in [6, 6.07) is 5.56. The molecule has 1 aliphatic rings. The molecule has 2 aromatic heterocycles. The number of anilines is 1. The van der Waals surface area contributed by atoms with Crippen LogP contribution in [0.2, 0.25) is 0 Å². The first-order valence-electron chi connectivity index (χ1n) is 6.63. The van der Waals surface area contributed by atoms with Gasteiger partial charge in [-0.05, 0) is 12.1 Å². The Morgan fingerprint density at radius 3 is 2.90 bits per heavy atom. The van der Waals surface area contributed by atoms with Crippen molar-refractivity contribution in [2.24, 2.45) is 5.92 Å². The predicted molar refractivity (Wildman–Crippen MR) is 78.4 cm³/mol. The minimum Gasteiger partial charge on any atom is -0.481 e. The summed E-state index contributed by atoms with van der Waals surface area (Å²) >= 11 is 1.42. The minimum atomic E-state index is -0.813. The van der Waals surface area contributed by atoms with Gasteiger partial charge in [-0.15, -0.1) is 11.3 Å². The van der Waals surface area contributed by atoms with Crippen LogP contribution in [0, 0.1) is 5.92 Å². The van der Waals surface area contributed by atoms with Gasteiger partial charge in [0.15, 0.2) is 5.13 Å². The van der Waals surface area contributed by atoms with E-state index in [9.17, 15) is 9.90 Å². The number of carboxylic acids is 1. The highest BCUT2D eigenvalue weighted by Gasteiger charge is 2.40. The fraction of sp³-hybridized carbons (Fsp3) is 0.357. The summed E-state index contributed by atoms with van der Waals surface area (Å²) in [6.45, 7) is 0.887. The zero-order valence-electron chi connectivity index (χ0n) is 11.2. The summed E-state index contributed by atoms with van der Waals surface area (Å²) in [5.74, 6) is -1.46. The van der Waals surface area contributed by atoms with Crippen LogP contribution in [0.15, 0.2) is 29.8 Å². The quantitative estimate of drug-likeness (QED) is 0.886. The lowest BCUT2D eigenvalue weighted by molar-refractivity contribution is -0.141. The van der Waals surface area contributed by atoms with E-state index in [1.54, 1.807) is 11.6 Å². The molecule has 0 aliphatic carbocycles. The number of hydrogen-bond donors (Lipinski definition) is 2. The number of carbonyl (C=O) groups is 1. The van der Waals surface area contributed by atoms with E-state index in [4.69, 9.17) is 5.11 Å². The topological polar surface area (TPSA) is 86.5 Å². The van der Waals surface area contributed by atoms with Crippen molar-refractivity contribution in [2.45, 2.75) is 12.5 Å². The summed E-state index contributed by atoms with van der Waals surface area (Å²) in [7, 11) is 0. The average molecular weight is 305 g/mol. The Morgan fingerprint density at radius 1 is 1.43 bits per heavy atom. The Bertz CT molecular complexity index is 631. The van der Waals surface area contributed by atoms with Crippen LogP contribution < -0.4 is 4.90 Å². The Balaban J connectivity index is 1.86. The van der Waals surface area contributed by atoms with Gasteiger partial charge in [0.05, 0.1) is 18.2 Å². The van der Waals surface area contributed by atoms with E-state index in [2.05, 4.69) is 9.97 Å². The molecular formula is C14H15N3O3S. The second kappa shape index (κ2) is 5.79. The summed E-state index contributed by atoms with van der Waals surface area (Å²) in [6.07, 6.45) is 1.68. The summed E-state index contributed by atoms with van der Waals surface area (Å²) < 4.78 is 0. The SMILES string of the molecule is O=C(O)[C@@H]1CN(c2nc(CO)cs2)C[C@H]1c1ccccn1. The van der Waals surface area contributed by atoms with Crippen LogP contribution in [0.3, 0.4) is 0 Å². The molecule has 0 aromatic carbocycles. The van der Waals surface area contributed by atoms with Crippen LogP contribution >= 0.6 is 11.3 Å². The highest BCUT2D eigenvalue weighted by atomic mass is 32.1. The van der Waals surface area contributed by atoms with E-state index in [1.807, 2.05) is 23.1 Å². The fourth-order valence-electron chi connectivity index (χ4n) is 2.62. The third kappa shape index (κ3) is 2.74. The first-order valence-corrected chi connectivity index (χ1v) is 7.51. The molecule has 7 heteroatoms. The maximum atomic E-state index is 11.5. The molecule has 6 nitrogen and oxygen atoms in total. The van der Waals surface area contributed by atoms with Gasteiger partial charge in [-0.3, -0.25) is 9.78 Å². The molecule has 3 heterocycles. The number of aliphatic hydroxyl groups excluding tert-OH is 1. The van der Waals surface area contributed by atoms with Gasteiger partial charge in [0.25, 0.3) is 0 Å². The number of aromatic nitrogens is 2. The Morgan fingerprint density at radius 2 is 2.29 bits per heavy atom. The van der Waals surface area contributed by atoms with E-state index >= 15 is 0 Å². The van der Waals surface area contributed by atoms with Crippen molar-refractivity contribution in [3.63, 3.8) is 0 Å². The Kier molecular flexibility index (Phi) is 3.85. The lowest BCUT2D eigenvalue weighted by Gasteiger charge is -2.14. The number of carboxylic acid groups (broad SMARTS) is 1. The van der Waals surface area contributed by atoms with Crippen LogP contribution in [0.25, 0.3) is 0 Å². The molecule has 1 fully saturated rings. The van der Waals surface area contributed by atoms with E-state index in [-0.39, 0.29) is 12.5 Å². The number of thiazole rings is 1. The molecule has 0 radical (unpaired) electrons. The van der Waals surface area contributed by atoms with Crippen molar-refractivity contribution < 1.29 is 15.0 Å². The second-order valence-electron chi connectivity index (χ2n) is 4.99. The highest BCUT2D eigenvalue weighted by molar-refractivity contribution is 7.13. The van der Waals surface area contributed by atoms with Gasteiger partial charge in [-0.1, -0.05) is 6.07 Å². The number of aliphatic carboxylic acids is 1. The Labute approximate surface area is 125 Å². The lowest BCUT2D eigenvalue weighted by atomic mass is 9.93. The molecule has 2 aromatic rings. The zero-order chi connectivity index (χ0) is 14.8. The van der Waals surface area contributed by atoms with Crippen LogP contribution in [0.1, 0.15) is 17.3 Å². The monoisotopic (exact) mass is 305 g/mol. The van der Waals surface area contributed by atoms with Crippen molar-refractivity contribution in [3.05, 3.63) is 41.2 Å². The van der Waals surface area contributed by atoms with Gasteiger partial charge >= 0.3 is 5.97 Å². The first-order chi connectivity index (χ1) is 10.2. The average Bonchev–Trinajstić information content (AvgIpc) is 3.14. The van der Waals surface area contributed by atoms with E-state index in [0.717, 1.165) is 10.8 Å². The third-order valence-electron chi connectivity index (χ3n) is 3.68. The largest absolute Gasteiger partial charge is 0.481 e. The van der Waals surface area contributed by atoms with Crippen molar-refractivity contribution >= 4 is 22.4 Å². The van der Waals surface area contributed by atoms with Crippen LogP contribution in [-0.2, 0) is 11.4 Å². The molecule has 21 heavy (non-hydrogen) atoms. The standard InChI is InChI=1S/C14H15N3O3S/c18-7-9-8-21-14(16-9)17-5-10(11(6-17)13(19)20)12-3-1-2-4-15-12/h1-4,8,10-11,18H,5-7H2,(H,19,20)/t10-,11-/m1/s1. The van der Waals surface area contributed by atoms with Crippen molar-refractivity contribution in [2.75, 3.05) is 18.0 Å². The molecule has 0 saturated carbocycles. The normalized spacial score (nSPS) is 21.7. The number of rotatable bonds is 4. The fourth-order valence-corrected chi connectivity index (χ4v) is 3.46. The molecule has 2 N–H and O–H groups in total. The van der Waals surface area contributed by atoms with Gasteiger partial charge in [0.2, 0.25) is 0 Å². The molecule has 1 saturated heterocycles. The van der Waals surface area contributed by atoms with Gasteiger partial charge in [-0.2, -0.15) is 0 Å². The summed E-state index contributed by atoms with van der Waals surface area (Å²) in [5, 5.41) is 21.1. The molecule has 0 unspecified atom stereocenters. The molecule has 0 bridgehead atoms. The van der Waals surface area contributed by atoms with Crippen molar-refractivity contribution in [1.29, 1.82) is 0 Å². The van der Waals surface area contributed by atoms with Gasteiger partial charge in [0.1, 0.15) is 0 Å². The van der Waals surface area contributed by atoms with E-state index in [0.29, 0.717) is 18.8 Å². The van der Waals surface area contributed by atoms with Crippen LogP contribution in [0.5, 0.6) is 0 Å². The first kappa shape index (κ1) is 14.0. The number of pyridine rings is 1. The lowest BCUT2D eigenvalue weighted by Crippen LogP contribution is -2.23. The highest BCUT2D eigenvalue weighted by Crippen LogP contribution is 2.35. The molecule has 110 valence electrons. The van der Waals surface area contributed by atoms with E-state index < -0.39 is 11.9 Å². The number of hydrogen-bond acceptors (Lipinski definition) is 6. The summed E-state index contributed by atoms with van der Waals surface area (Å²) in [5.41, 5.74) is 1.41. The maximum Gasteiger partial charge on any atom is 0.309 e. The van der Waals surface area contributed by atoms with Crippen LogP contribution in [-0.4, -0.2) is 39.2 Å². The Hall–Kier alpha value is -1.99. The third-order valence-corrected chi connectivity index (χ3v) is 4.63. The number of aliphatic hydroxyl groups is 1. The molecular weight excluding hydrogens is 290 g/mol. The molecule has 1 aliphatic heterocycles. The maximum absolute atomic E-state index is 11.5. The van der Waals surface area contributed by atoms with E-state index in [1.165, 1.54) is 11.3 Å². The minimum absolute atomic E-state index is 0.101. The van der Waals surface area contributed by atoms with Gasteiger partial charge in [0, 0.05) is 36.3 Å². The zero-order valence-corrected chi connectivity index (χ0v) is 12.0. The predicted octanol–water partition coefficient (Wildman–Crippen LogP) is 1.33. The molecule has 2 atom stereocenters. The summed E-state index contributed by atoms with van der Waals surface area (Å²) in [4.78, 5) is 22.1. The molecule has 0 spiro atoms. The van der Waals surface area contributed by atoms with Crippen molar-refractivity contribution in [3.8, 4) is 0 Å². The van der Waals surface area contributed by atoms with Crippen LogP contribution in [0.4, 0.5) is 5.13 Å². The molecule has 3 rings (SSSR count). The number of nitrogens with zero attached hydrogens (tertiary/aromatic N) is 3. The van der Waals surface area contributed by atoms with Gasteiger partial charge < -0.3 is 15.1 Å². The van der Waals surface area contributed by atoms with Gasteiger partial charge in [-0.25, -0.2) is 4.98 Å². The smallest absolute Gasteiger partial charge is 0.309 e. The molecule has 0 amide bonds. The van der Waals surface area contributed by atoms with Crippen molar-refractivity contribution in [1.82, 2.24) is 9.97 Å². The second-order valence-corrected chi connectivity index (χ2v) is 5.83.